The zero-order valence-electron chi connectivity index (χ0n) is 10.7. The minimum absolute atomic E-state index is 0.151. The van der Waals surface area contributed by atoms with Crippen LogP contribution in [0, 0.1) is 0 Å². The monoisotopic (exact) mass is 299 g/mol. The topological polar surface area (TPSA) is 75.1 Å². The van der Waals surface area contributed by atoms with Crippen molar-refractivity contribution in [2.45, 2.75) is 0 Å². The van der Waals surface area contributed by atoms with Crippen molar-refractivity contribution in [3.8, 4) is 0 Å². The lowest BCUT2D eigenvalue weighted by Crippen LogP contribution is -1.99. The Kier molecular flexibility index (Phi) is 3.41. The first-order valence-electron chi connectivity index (χ1n) is 6.16. The zero-order chi connectivity index (χ0) is 14.8. The molecule has 0 atom stereocenters. The molecular weight excluding hydrogens is 290 g/mol. The second kappa shape index (κ2) is 5.38. The van der Waals surface area contributed by atoms with Crippen molar-refractivity contribution in [3.05, 3.63) is 59.4 Å². The van der Waals surface area contributed by atoms with E-state index in [2.05, 4.69) is 15.3 Å². The maximum atomic E-state index is 10.8. The highest BCUT2D eigenvalue weighted by molar-refractivity contribution is 6.28. The van der Waals surface area contributed by atoms with Gasteiger partial charge in [-0.1, -0.05) is 12.1 Å². The first kappa shape index (κ1) is 13.3. The molecule has 0 aliphatic carbocycles. The summed E-state index contributed by atoms with van der Waals surface area (Å²) < 4.78 is 0. The van der Waals surface area contributed by atoms with Gasteiger partial charge in [0.05, 0.1) is 11.1 Å². The van der Waals surface area contributed by atoms with Gasteiger partial charge in [-0.15, -0.1) is 0 Å². The third-order valence-electron chi connectivity index (χ3n) is 2.97. The van der Waals surface area contributed by atoms with E-state index in [1.807, 2.05) is 24.3 Å². The molecule has 0 saturated heterocycles. The number of aromatic carboxylic acids is 1. The third-order valence-corrected chi connectivity index (χ3v) is 3.14. The molecule has 1 aromatic heterocycles. The van der Waals surface area contributed by atoms with Gasteiger partial charge in [-0.2, -0.15) is 4.98 Å². The first-order valence-corrected chi connectivity index (χ1v) is 6.54. The average Bonchev–Trinajstić information content (AvgIpc) is 2.47. The van der Waals surface area contributed by atoms with Gasteiger partial charge in [0.1, 0.15) is 5.82 Å². The highest BCUT2D eigenvalue weighted by atomic mass is 35.5. The Morgan fingerprint density at radius 2 is 1.76 bits per heavy atom. The molecule has 0 aliphatic rings. The van der Waals surface area contributed by atoms with E-state index >= 15 is 0 Å². The van der Waals surface area contributed by atoms with Crippen LogP contribution in [-0.4, -0.2) is 21.0 Å². The number of aromatic nitrogens is 2. The van der Waals surface area contributed by atoms with Gasteiger partial charge in [0, 0.05) is 11.1 Å². The molecule has 2 N–H and O–H groups in total. The minimum Gasteiger partial charge on any atom is -0.478 e. The first-order chi connectivity index (χ1) is 10.1. The number of benzene rings is 2. The summed E-state index contributed by atoms with van der Waals surface area (Å²) in [5.41, 5.74) is 1.69. The van der Waals surface area contributed by atoms with Crippen LogP contribution in [-0.2, 0) is 0 Å². The van der Waals surface area contributed by atoms with Crippen molar-refractivity contribution in [2.75, 3.05) is 5.32 Å². The molecule has 21 heavy (non-hydrogen) atoms. The number of hydrogen-bond donors (Lipinski definition) is 2. The SMILES string of the molecule is O=C(O)c1ccc(Nc2nc(Cl)nc3ccccc23)cc1. The van der Waals surface area contributed by atoms with E-state index in [1.54, 1.807) is 12.1 Å². The molecule has 0 bridgehead atoms. The number of carboxylic acids is 1. The van der Waals surface area contributed by atoms with Gasteiger partial charge in [-0.3, -0.25) is 0 Å². The number of halogens is 1. The van der Waals surface area contributed by atoms with Crippen LogP contribution in [0.5, 0.6) is 0 Å². The summed E-state index contributed by atoms with van der Waals surface area (Å²) in [6.07, 6.45) is 0. The van der Waals surface area contributed by atoms with E-state index in [9.17, 15) is 4.79 Å². The van der Waals surface area contributed by atoms with Gasteiger partial charge in [0.25, 0.3) is 0 Å². The number of rotatable bonds is 3. The van der Waals surface area contributed by atoms with Crippen molar-refractivity contribution in [1.29, 1.82) is 0 Å². The number of para-hydroxylation sites is 1. The lowest BCUT2D eigenvalue weighted by molar-refractivity contribution is 0.0697. The number of fused-ring (bicyclic) bond motifs is 1. The number of nitrogens with one attached hydrogen (secondary N) is 1. The van der Waals surface area contributed by atoms with Crippen LogP contribution < -0.4 is 5.32 Å². The van der Waals surface area contributed by atoms with Crippen LogP contribution in [0.15, 0.2) is 48.5 Å². The predicted molar refractivity (Wildman–Crippen MR) is 81.2 cm³/mol. The lowest BCUT2D eigenvalue weighted by atomic mass is 10.2. The summed E-state index contributed by atoms with van der Waals surface area (Å²) in [6, 6.07) is 13.9. The molecule has 0 radical (unpaired) electrons. The van der Waals surface area contributed by atoms with Crippen LogP contribution in [0.1, 0.15) is 10.4 Å². The highest BCUT2D eigenvalue weighted by Gasteiger charge is 2.07. The van der Waals surface area contributed by atoms with Gasteiger partial charge in [0.2, 0.25) is 5.28 Å². The molecule has 3 rings (SSSR count). The maximum Gasteiger partial charge on any atom is 0.335 e. The van der Waals surface area contributed by atoms with E-state index in [0.29, 0.717) is 5.82 Å². The van der Waals surface area contributed by atoms with E-state index in [-0.39, 0.29) is 10.8 Å². The fourth-order valence-corrected chi connectivity index (χ4v) is 2.15. The number of anilines is 2. The Labute approximate surface area is 125 Å². The van der Waals surface area contributed by atoms with Gasteiger partial charge in [0.15, 0.2) is 0 Å². The molecular formula is C15H10ClN3O2. The van der Waals surface area contributed by atoms with Crippen LogP contribution >= 0.6 is 11.6 Å². The Morgan fingerprint density at radius 3 is 2.48 bits per heavy atom. The maximum absolute atomic E-state index is 10.8. The fraction of sp³-hybridized carbons (Fsp3) is 0. The van der Waals surface area contributed by atoms with Crippen molar-refractivity contribution in [3.63, 3.8) is 0 Å². The predicted octanol–water partition coefficient (Wildman–Crippen LogP) is 3.73. The lowest BCUT2D eigenvalue weighted by Gasteiger charge is -2.09. The molecule has 2 aromatic carbocycles. The normalized spacial score (nSPS) is 10.5. The minimum atomic E-state index is -0.961. The quantitative estimate of drug-likeness (QED) is 0.721. The molecule has 0 aliphatic heterocycles. The Balaban J connectivity index is 1.99. The smallest absolute Gasteiger partial charge is 0.335 e. The van der Waals surface area contributed by atoms with Gasteiger partial charge < -0.3 is 10.4 Å². The van der Waals surface area contributed by atoms with Crippen LogP contribution in [0.2, 0.25) is 5.28 Å². The Hall–Kier alpha value is -2.66. The second-order valence-corrected chi connectivity index (χ2v) is 4.70. The highest BCUT2D eigenvalue weighted by Crippen LogP contribution is 2.25. The van der Waals surface area contributed by atoms with Crippen LogP contribution in [0.25, 0.3) is 10.9 Å². The summed E-state index contributed by atoms with van der Waals surface area (Å²) in [5.74, 6) is -0.384. The molecule has 5 nitrogen and oxygen atoms in total. The van der Waals surface area contributed by atoms with Crippen LogP contribution in [0.3, 0.4) is 0 Å². The third kappa shape index (κ3) is 2.78. The van der Waals surface area contributed by atoms with Crippen molar-refractivity contribution in [2.24, 2.45) is 0 Å². The molecule has 6 heteroatoms. The Bertz CT molecular complexity index is 819. The summed E-state index contributed by atoms with van der Waals surface area (Å²) in [4.78, 5) is 19.2. The summed E-state index contributed by atoms with van der Waals surface area (Å²) in [7, 11) is 0. The van der Waals surface area contributed by atoms with Gasteiger partial charge >= 0.3 is 5.97 Å². The molecule has 0 fully saturated rings. The van der Waals surface area contributed by atoms with Gasteiger partial charge in [-0.05, 0) is 48.0 Å². The largest absolute Gasteiger partial charge is 0.478 e. The number of nitrogens with zero attached hydrogens (tertiary/aromatic N) is 2. The van der Waals surface area contributed by atoms with E-state index in [4.69, 9.17) is 16.7 Å². The molecule has 0 unspecified atom stereocenters. The summed E-state index contributed by atoms with van der Waals surface area (Å²) in [6.45, 7) is 0. The van der Waals surface area contributed by atoms with Crippen molar-refractivity contribution >= 4 is 40.0 Å². The van der Waals surface area contributed by atoms with E-state index in [0.717, 1.165) is 16.6 Å². The molecule has 3 aromatic rings. The standard InChI is InChI=1S/C15H10ClN3O2/c16-15-18-12-4-2-1-3-11(12)13(19-15)17-10-7-5-9(6-8-10)14(20)21/h1-8H,(H,20,21)(H,17,18,19). The zero-order valence-corrected chi connectivity index (χ0v) is 11.5. The molecule has 104 valence electrons. The Morgan fingerprint density at radius 1 is 1.05 bits per heavy atom. The van der Waals surface area contributed by atoms with E-state index in [1.165, 1.54) is 12.1 Å². The summed E-state index contributed by atoms with van der Waals surface area (Å²) in [5, 5.41) is 13.0. The van der Waals surface area contributed by atoms with Gasteiger partial charge in [-0.25, -0.2) is 9.78 Å². The molecule has 0 saturated carbocycles. The molecule has 0 spiro atoms. The number of carboxylic acid groups (broad SMARTS) is 1. The van der Waals surface area contributed by atoms with Crippen molar-refractivity contribution in [1.82, 2.24) is 9.97 Å². The fourth-order valence-electron chi connectivity index (χ4n) is 1.98. The van der Waals surface area contributed by atoms with Crippen LogP contribution in [0.4, 0.5) is 11.5 Å². The second-order valence-electron chi connectivity index (χ2n) is 4.37. The van der Waals surface area contributed by atoms with Crippen molar-refractivity contribution < 1.29 is 9.90 Å². The summed E-state index contributed by atoms with van der Waals surface area (Å²) >= 11 is 5.92. The number of hydrogen-bond acceptors (Lipinski definition) is 4. The number of carbonyl (C=O) groups is 1. The average molecular weight is 300 g/mol. The molecule has 0 amide bonds. The van der Waals surface area contributed by atoms with E-state index < -0.39 is 5.97 Å². The molecule has 1 heterocycles.